The van der Waals surface area contributed by atoms with Gasteiger partial charge in [0, 0.05) is 11.6 Å². The molecule has 1 heterocycles. The average Bonchev–Trinajstić information content (AvgIpc) is 2.82. The maximum atomic E-state index is 11.5. The first kappa shape index (κ1) is 12.6. The van der Waals surface area contributed by atoms with Crippen LogP contribution >= 0.6 is 11.6 Å². The maximum absolute atomic E-state index is 11.5. The number of halogens is 1. The van der Waals surface area contributed by atoms with Crippen molar-refractivity contribution in [1.29, 1.82) is 0 Å². The lowest BCUT2D eigenvalue weighted by Crippen LogP contribution is -2.27. The molecule has 94 valence electrons. The lowest BCUT2D eigenvalue weighted by molar-refractivity contribution is -0.120. The van der Waals surface area contributed by atoms with Crippen molar-refractivity contribution in [3.8, 4) is 0 Å². The molecule has 0 aliphatic heterocycles. The minimum Gasteiger partial charge on any atom is -0.451 e. The summed E-state index contributed by atoms with van der Waals surface area (Å²) >= 11 is 5.88. The fourth-order valence-electron chi connectivity index (χ4n) is 1.59. The van der Waals surface area contributed by atoms with Gasteiger partial charge in [0.05, 0.1) is 12.1 Å². The summed E-state index contributed by atoms with van der Waals surface area (Å²) in [5.41, 5.74) is 1.74. The highest BCUT2D eigenvalue weighted by molar-refractivity contribution is 6.30. The number of amides is 1. The molecule has 0 spiro atoms. The normalized spacial score (nSPS) is 10.3. The van der Waals surface area contributed by atoms with Gasteiger partial charge in [-0.2, -0.15) is 0 Å². The van der Waals surface area contributed by atoms with Crippen LogP contribution in [-0.2, 0) is 17.6 Å². The van der Waals surface area contributed by atoms with E-state index in [-0.39, 0.29) is 12.3 Å². The summed E-state index contributed by atoms with van der Waals surface area (Å²) in [7, 11) is 0. The Morgan fingerprint density at radius 3 is 3.06 bits per heavy atom. The van der Waals surface area contributed by atoms with Gasteiger partial charge in [0.15, 0.2) is 6.39 Å². The molecule has 0 bridgehead atoms. The third kappa shape index (κ3) is 3.89. The summed E-state index contributed by atoms with van der Waals surface area (Å²) < 4.78 is 4.80. The Morgan fingerprint density at radius 2 is 2.33 bits per heavy atom. The fourth-order valence-corrected chi connectivity index (χ4v) is 1.80. The number of oxazole rings is 1. The number of carbonyl (C=O) groups is 1. The second-order valence-electron chi connectivity index (χ2n) is 3.89. The van der Waals surface area contributed by atoms with Gasteiger partial charge in [-0.15, -0.1) is 0 Å². The molecule has 0 unspecified atom stereocenters. The van der Waals surface area contributed by atoms with E-state index < -0.39 is 0 Å². The summed E-state index contributed by atoms with van der Waals surface area (Å²) in [6.07, 6.45) is 3.78. The van der Waals surface area contributed by atoms with Crippen molar-refractivity contribution < 1.29 is 9.21 Å². The molecule has 0 radical (unpaired) electrons. The first-order chi connectivity index (χ1) is 8.74. The molecule has 0 aliphatic rings. The van der Waals surface area contributed by atoms with Crippen LogP contribution in [0.25, 0.3) is 0 Å². The second-order valence-corrected chi connectivity index (χ2v) is 4.32. The zero-order valence-electron chi connectivity index (χ0n) is 9.73. The monoisotopic (exact) mass is 264 g/mol. The van der Waals surface area contributed by atoms with Crippen LogP contribution in [0.1, 0.15) is 11.3 Å². The van der Waals surface area contributed by atoms with E-state index >= 15 is 0 Å². The number of carbonyl (C=O) groups excluding carboxylic acids is 1. The zero-order chi connectivity index (χ0) is 12.8. The molecule has 1 amide bonds. The van der Waals surface area contributed by atoms with Crippen molar-refractivity contribution >= 4 is 17.5 Å². The Hall–Kier alpha value is -1.81. The molecule has 0 saturated heterocycles. The number of benzene rings is 1. The standard InChI is InChI=1S/C13H13ClN2O2/c14-11-3-1-2-10(6-11)4-5-15-13(17)7-12-8-18-9-16-12/h1-3,6,8-9H,4-5,7H2,(H,15,17). The van der Waals surface area contributed by atoms with Crippen LogP contribution in [0.3, 0.4) is 0 Å². The molecule has 4 nitrogen and oxygen atoms in total. The Morgan fingerprint density at radius 1 is 1.44 bits per heavy atom. The van der Waals surface area contributed by atoms with E-state index in [1.54, 1.807) is 0 Å². The Labute approximate surface area is 110 Å². The largest absolute Gasteiger partial charge is 0.451 e. The van der Waals surface area contributed by atoms with Crippen molar-refractivity contribution in [3.63, 3.8) is 0 Å². The molecule has 18 heavy (non-hydrogen) atoms. The van der Waals surface area contributed by atoms with E-state index in [1.165, 1.54) is 12.7 Å². The van der Waals surface area contributed by atoms with Gasteiger partial charge >= 0.3 is 0 Å². The van der Waals surface area contributed by atoms with Gasteiger partial charge in [0.2, 0.25) is 5.91 Å². The molecular formula is C13H13ClN2O2. The number of nitrogens with one attached hydrogen (secondary N) is 1. The van der Waals surface area contributed by atoms with Crippen molar-refractivity contribution in [3.05, 3.63) is 53.2 Å². The summed E-state index contributed by atoms with van der Waals surface area (Å²) in [4.78, 5) is 15.4. The summed E-state index contributed by atoms with van der Waals surface area (Å²) in [5, 5.41) is 3.53. The van der Waals surface area contributed by atoms with Crippen LogP contribution < -0.4 is 5.32 Å². The molecular weight excluding hydrogens is 252 g/mol. The highest BCUT2D eigenvalue weighted by Crippen LogP contribution is 2.10. The lowest BCUT2D eigenvalue weighted by atomic mass is 10.1. The topological polar surface area (TPSA) is 55.1 Å². The van der Waals surface area contributed by atoms with Crippen LogP contribution in [0.15, 0.2) is 41.3 Å². The van der Waals surface area contributed by atoms with E-state index in [1.807, 2.05) is 24.3 Å². The van der Waals surface area contributed by atoms with E-state index in [9.17, 15) is 4.79 Å². The molecule has 0 fully saturated rings. The van der Waals surface area contributed by atoms with Gasteiger partial charge in [-0.05, 0) is 24.1 Å². The van der Waals surface area contributed by atoms with Crippen LogP contribution in [0.2, 0.25) is 5.02 Å². The number of hydrogen-bond donors (Lipinski definition) is 1. The van der Waals surface area contributed by atoms with E-state index in [0.717, 1.165) is 12.0 Å². The molecule has 5 heteroatoms. The first-order valence-electron chi connectivity index (χ1n) is 5.62. The van der Waals surface area contributed by atoms with Crippen molar-refractivity contribution in [2.45, 2.75) is 12.8 Å². The highest BCUT2D eigenvalue weighted by atomic mass is 35.5. The van der Waals surface area contributed by atoms with Crippen LogP contribution in [0.5, 0.6) is 0 Å². The van der Waals surface area contributed by atoms with Crippen LogP contribution in [-0.4, -0.2) is 17.4 Å². The Balaban J connectivity index is 1.73. The van der Waals surface area contributed by atoms with Gasteiger partial charge in [0.25, 0.3) is 0 Å². The third-order valence-electron chi connectivity index (χ3n) is 2.45. The molecule has 2 aromatic rings. The van der Waals surface area contributed by atoms with Gasteiger partial charge in [-0.1, -0.05) is 23.7 Å². The molecule has 2 rings (SSSR count). The van der Waals surface area contributed by atoms with Crippen LogP contribution in [0, 0.1) is 0 Å². The average molecular weight is 265 g/mol. The predicted molar refractivity (Wildman–Crippen MR) is 68.4 cm³/mol. The zero-order valence-corrected chi connectivity index (χ0v) is 10.5. The first-order valence-corrected chi connectivity index (χ1v) is 6.00. The minimum absolute atomic E-state index is 0.0640. The number of aromatic nitrogens is 1. The second kappa shape index (κ2) is 6.21. The third-order valence-corrected chi connectivity index (χ3v) is 2.69. The van der Waals surface area contributed by atoms with Crippen LogP contribution in [0.4, 0.5) is 0 Å². The molecule has 1 aromatic heterocycles. The van der Waals surface area contributed by atoms with Gasteiger partial charge < -0.3 is 9.73 Å². The smallest absolute Gasteiger partial charge is 0.226 e. The van der Waals surface area contributed by atoms with Crippen molar-refractivity contribution in [2.24, 2.45) is 0 Å². The SMILES string of the molecule is O=C(Cc1cocn1)NCCc1cccc(Cl)c1. The minimum atomic E-state index is -0.0640. The maximum Gasteiger partial charge on any atom is 0.226 e. The van der Waals surface area contributed by atoms with E-state index in [4.69, 9.17) is 16.0 Å². The molecule has 1 N–H and O–H groups in total. The Bertz CT molecular complexity index is 511. The van der Waals surface area contributed by atoms with Gasteiger partial charge in [-0.3, -0.25) is 4.79 Å². The molecule has 0 saturated carbocycles. The van der Waals surface area contributed by atoms with Gasteiger partial charge in [0.1, 0.15) is 6.26 Å². The Kier molecular flexibility index (Phi) is 4.36. The fraction of sp³-hybridized carbons (Fsp3) is 0.231. The lowest BCUT2D eigenvalue weighted by Gasteiger charge is -2.04. The van der Waals surface area contributed by atoms with Gasteiger partial charge in [-0.25, -0.2) is 4.98 Å². The van der Waals surface area contributed by atoms with Crippen molar-refractivity contribution in [1.82, 2.24) is 10.3 Å². The molecule has 0 atom stereocenters. The quantitative estimate of drug-likeness (QED) is 0.901. The molecule has 0 aliphatic carbocycles. The van der Waals surface area contributed by atoms with E-state index in [0.29, 0.717) is 17.3 Å². The summed E-state index contributed by atoms with van der Waals surface area (Å²) in [6, 6.07) is 7.60. The summed E-state index contributed by atoms with van der Waals surface area (Å²) in [6.45, 7) is 0.580. The molecule has 1 aromatic carbocycles. The number of rotatable bonds is 5. The van der Waals surface area contributed by atoms with Crippen molar-refractivity contribution in [2.75, 3.05) is 6.54 Å². The number of hydrogen-bond acceptors (Lipinski definition) is 3. The van der Waals surface area contributed by atoms with E-state index in [2.05, 4.69) is 10.3 Å². The predicted octanol–water partition coefficient (Wildman–Crippen LogP) is 2.23. The highest BCUT2D eigenvalue weighted by Gasteiger charge is 2.05. The number of nitrogens with zero attached hydrogens (tertiary/aromatic N) is 1. The summed E-state index contributed by atoms with van der Waals surface area (Å²) in [5.74, 6) is -0.0640.